The topological polar surface area (TPSA) is 42.3 Å². The molecule has 1 atom stereocenters. The maximum absolute atomic E-state index is 7.48. The van der Waals surface area contributed by atoms with Crippen LogP contribution in [0.15, 0.2) is 30.3 Å². The van der Waals surface area contributed by atoms with Crippen molar-refractivity contribution in [1.29, 1.82) is 5.41 Å². The van der Waals surface area contributed by atoms with Crippen molar-refractivity contribution in [1.82, 2.24) is 0 Å². The van der Waals surface area contributed by atoms with E-state index in [0.717, 1.165) is 5.56 Å². The molecule has 0 aliphatic rings. The largest absolute Gasteiger partial charge is 0.482 e. The number of nitrogens with one attached hydrogen (secondary N) is 1. The van der Waals surface area contributed by atoms with Crippen LogP contribution in [0.4, 0.5) is 0 Å². The summed E-state index contributed by atoms with van der Waals surface area (Å²) >= 11 is 0. The highest BCUT2D eigenvalue weighted by molar-refractivity contribution is 5.79. The molecule has 0 spiro atoms. The number of ether oxygens (including phenoxy) is 2. The predicted molar refractivity (Wildman–Crippen MR) is 50.9 cm³/mol. The van der Waals surface area contributed by atoms with Crippen LogP contribution in [-0.2, 0) is 9.47 Å². The van der Waals surface area contributed by atoms with Gasteiger partial charge in [-0.15, -0.1) is 0 Å². The molecule has 0 radical (unpaired) electrons. The average molecular weight is 179 g/mol. The molecule has 3 nitrogen and oxygen atoms in total. The summed E-state index contributed by atoms with van der Waals surface area (Å²) in [5.41, 5.74) is 0.928. The zero-order valence-corrected chi connectivity index (χ0v) is 7.78. The Morgan fingerprint density at radius 1 is 1.23 bits per heavy atom. The van der Waals surface area contributed by atoms with Crippen molar-refractivity contribution in [3.8, 4) is 0 Å². The summed E-state index contributed by atoms with van der Waals surface area (Å²) in [5, 5.41) is 7.48. The molecule has 1 N–H and O–H groups in total. The maximum atomic E-state index is 7.48. The van der Waals surface area contributed by atoms with Crippen LogP contribution in [-0.4, -0.2) is 20.1 Å². The summed E-state index contributed by atoms with van der Waals surface area (Å²) < 4.78 is 9.96. The lowest BCUT2D eigenvalue weighted by molar-refractivity contribution is 0.133. The van der Waals surface area contributed by atoms with Gasteiger partial charge >= 0.3 is 0 Å². The standard InChI is InChI=1S/C10H13NO2/c1-12-9(10(11)13-2)8-6-4-3-5-7-8/h3-7,9,11H,1-2H3. The van der Waals surface area contributed by atoms with Crippen LogP contribution in [0.3, 0.4) is 0 Å². The van der Waals surface area contributed by atoms with E-state index in [9.17, 15) is 0 Å². The Labute approximate surface area is 77.8 Å². The molecule has 0 saturated carbocycles. The molecule has 1 aromatic carbocycles. The first-order valence-electron chi connectivity index (χ1n) is 3.99. The third-order valence-corrected chi connectivity index (χ3v) is 1.80. The summed E-state index contributed by atoms with van der Waals surface area (Å²) in [6.07, 6.45) is -0.397. The number of benzene rings is 1. The molecule has 0 bridgehead atoms. The number of hydrogen-bond acceptors (Lipinski definition) is 3. The van der Waals surface area contributed by atoms with Gasteiger partial charge < -0.3 is 9.47 Å². The number of rotatable bonds is 3. The fourth-order valence-electron chi connectivity index (χ4n) is 1.13. The minimum absolute atomic E-state index is 0.119. The van der Waals surface area contributed by atoms with Gasteiger partial charge in [-0.25, -0.2) is 0 Å². The molecule has 1 rings (SSSR count). The fraction of sp³-hybridized carbons (Fsp3) is 0.300. The molecule has 1 unspecified atom stereocenters. The van der Waals surface area contributed by atoms with E-state index in [-0.39, 0.29) is 5.90 Å². The lowest BCUT2D eigenvalue weighted by Crippen LogP contribution is -2.15. The lowest BCUT2D eigenvalue weighted by Gasteiger charge is -2.14. The van der Waals surface area contributed by atoms with E-state index < -0.39 is 6.10 Å². The lowest BCUT2D eigenvalue weighted by atomic mass is 10.1. The average Bonchev–Trinajstić information content (AvgIpc) is 2.20. The van der Waals surface area contributed by atoms with Gasteiger partial charge in [-0.2, -0.15) is 0 Å². The quantitative estimate of drug-likeness (QED) is 0.569. The normalized spacial score (nSPS) is 12.2. The van der Waals surface area contributed by atoms with E-state index in [1.54, 1.807) is 7.11 Å². The Hall–Kier alpha value is -1.35. The van der Waals surface area contributed by atoms with Gasteiger partial charge in [0.15, 0.2) is 6.10 Å². The van der Waals surface area contributed by atoms with Crippen molar-refractivity contribution in [2.24, 2.45) is 0 Å². The number of methoxy groups -OCH3 is 2. The van der Waals surface area contributed by atoms with Crippen molar-refractivity contribution in [3.63, 3.8) is 0 Å². The van der Waals surface area contributed by atoms with Crippen molar-refractivity contribution in [2.75, 3.05) is 14.2 Å². The van der Waals surface area contributed by atoms with Gasteiger partial charge in [0.2, 0.25) is 5.90 Å². The summed E-state index contributed by atoms with van der Waals surface area (Å²) in [6.45, 7) is 0. The molecule has 0 fully saturated rings. The van der Waals surface area contributed by atoms with Crippen LogP contribution >= 0.6 is 0 Å². The first kappa shape index (κ1) is 9.74. The summed E-state index contributed by atoms with van der Waals surface area (Å²) in [7, 11) is 3.03. The molecular formula is C10H13NO2. The Morgan fingerprint density at radius 2 is 1.85 bits per heavy atom. The third-order valence-electron chi connectivity index (χ3n) is 1.80. The Morgan fingerprint density at radius 3 is 2.31 bits per heavy atom. The fourth-order valence-corrected chi connectivity index (χ4v) is 1.13. The molecule has 70 valence electrons. The highest BCUT2D eigenvalue weighted by Gasteiger charge is 2.15. The minimum Gasteiger partial charge on any atom is -0.482 e. The van der Waals surface area contributed by atoms with Gasteiger partial charge in [0.1, 0.15) is 0 Å². The van der Waals surface area contributed by atoms with Crippen LogP contribution < -0.4 is 0 Å². The second-order valence-corrected chi connectivity index (χ2v) is 2.59. The molecule has 0 heterocycles. The van der Waals surface area contributed by atoms with Gasteiger partial charge in [-0.3, -0.25) is 5.41 Å². The van der Waals surface area contributed by atoms with Crippen LogP contribution in [0, 0.1) is 5.41 Å². The van der Waals surface area contributed by atoms with E-state index in [0.29, 0.717) is 0 Å². The molecular weight excluding hydrogens is 166 g/mol. The summed E-state index contributed by atoms with van der Waals surface area (Å²) in [4.78, 5) is 0. The second-order valence-electron chi connectivity index (χ2n) is 2.59. The minimum atomic E-state index is -0.397. The first-order valence-corrected chi connectivity index (χ1v) is 3.99. The van der Waals surface area contributed by atoms with Crippen molar-refractivity contribution in [3.05, 3.63) is 35.9 Å². The van der Waals surface area contributed by atoms with Gasteiger partial charge in [0.05, 0.1) is 7.11 Å². The number of hydrogen-bond donors (Lipinski definition) is 1. The molecule has 13 heavy (non-hydrogen) atoms. The highest BCUT2D eigenvalue weighted by atomic mass is 16.5. The summed E-state index contributed by atoms with van der Waals surface area (Å²) in [5.74, 6) is 0.119. The van der Waals surface area contributed by atoms with Crippen LogP contribution in [0.1, 0.15) is 11.7 Å². The van der Waals surface area contributed by atoms with E-state index in [2.05, 4.69) is 0 Å². The van der Waals surface area contributed by atoms with E-state index in [4.69, 9.17) is 14.9 Å². The Kier molecular flexibility index (Phi) is 3.46. The predicted octanol–water partition coefficient (Wildman–Crippen LogP) is 2.00. The molecule has 0 aromatic heterocycles. The molecule has 1 aromatic rings. The SMILES string of the molecule is COC(=N)C(OC)c1ccccc1. The highest BCUT2D eigenvalue weighted by Crippen LogP contribution is 2.17. The van der Waals surface area contributed by atoms with Gasteiger partial charge in [-0.1, -0.05) is 30.3 Å². The molecule has 0 saturated heterocycles. The zero-order chi connectivity index (χ0) is 9.68. The molecule has 0 amide bonds. The van der Waals surface area contributed by atoms with Gasteiger partial charge in [-0.05, 0) is 5.56 Å². The molecule has 3 heteroatoms. The third kappa shape index (κ3) is 2.29. The summed E-state index contributed by atoms with van der Waals surface area (Å²) in [6, 6.07) is 9.55. The smallest absolute Gasteiger partial charge is 0.214 e. The van der Waals surface area contributed by atoms with Gasteiger partial charge in [0.25, 0.3) is 0 Å². The second kappa shape index (κ2) is 4.62. The van der Waals surface area contributed by atoms with E-state index in [1.807, 2.05) is 30.3 Å². The van der Waals surface area contributed by atoms with E-state index >= 15 is 0 Å². The van der Waals surface area contributed by atoms with Crippen molar-refractivity contribution < 1.29 is 9.47 Å². The van der Waals surface area contributed by atoms with Crippen LogP contribution in [0.25, 0.3) is 0 Å². The first-order chi connectivity index (χ1) is 6.29. The monoisotopic (exact) mass is 179 g/mol. The van der Waals surface area contributed by atoms with Crippen LogP contribution in [0.5, 0.6) is 0 Å². The van der Waals surface area contributed by atoms with Crippen molar-refractivity contribution >= 4 is 5.90 Å². The molecule has 0 aliphatic heterocycles. The molecule has 0 aliphatic carbocycles. The maximum Gasteiger partial charge on any atom is 0.214 e. The Bertz CT molecular complexity index is 272. The van der Waals surface area contributed by atoms with Crippen molar-refractivity contribution in [2.45, 2.75) is 6.10 Å². The van der Waals surface area contributed by atoms with E-state index in [1.165, 1.54) is 7.11 Å². The van der Waals surface area contributed by atoms with Crippen LogP contribution in [0.2, 0.25) is 0 Å². The Balaban J connectivity index is 2.85. The zero-order valence-electron chi connectivity index (χ0n) is 7.78. The van der Waals surface area contributed by atoms with Gasteiger partial charge in [0, 0.05) is 7.11 Å².